The fourth-order valence-corrected chi connectivity index (χ4v) is 2.96. The van der Waals surface area contributed by atoms with E-state index < -0.39 is 0 Å². The molecule has 0 fully saturated rings. The summed E-state index contributed by atoms with van der Waals surface area (Å²) in [5, 5.41) is 9.85. The number of methoxy groups -OCH3 is 3. The van der Waals surface area contributed by atoms with Gasteiger partial charge in [0.2, 0.25) is 5.75 Å². The van der Waals surface area contributed by atoms with Crippen LogP contribution >= 0.6 is 12.2 Å². The first-order chi connectivity index (χ1) is 14.1. The molecule has 0 aliphatic heterocycles. The molecule has 0 aliphatic rings. The van der Waals surface area contributed by atoms with Crippen LogP contribution in [0.15, 0.2) is 30.6 Å². The Hall–Kier alpha value is -3.40. The average Bonchev–Trinajstić information content (AvgIpc) is 2.73. The highest BCUT2D eigenvalue weighted by molar-refractivity contribution is 7.80. The Morgan fingerprint density at radius 3 is 2.41 bits per heavy atom. The van der Waals surface area contributed by atoms with Crippen molar-refractivity contribution in [2.45, 2.75) is 6.92 Å². The third kappa shape index (κ3) is 4.54. The fraction of sp³-hybridized carbons (Fsp3) is 0.263. The highest BCUT2D eigenvalue weighted by Crippen LogP contribution is 2.40. The van der Waals surface area contributed by atoms with Crippen LogP contribution in [-0.4, -0.2) is 47.9 Å². The Kier molecular flexibility index (Phi) is 6.45. The summed E-state index contributed by atoms with van der Waals surface area (Å²) in [6.45, 7) is 2.70. The van der Waals surface area contributed by atoms with E-state index >= 15 is 0 Å². The average molecular weight is 414 g/mol. The summed E-state index contributed by atoms with van der Waals surface area (Å²) in [5.74, 6) is 2.10. The lowest BCUT2D eigenvalue weighted by Gasteiger charge is -2.15. The molecule has 0 spiro atoms. The molecule has 1 aromatic carbocycles. The Morgan fingerprint density at radius 2 is 1.79 bits per heavy atom. The molecule has 152 valence electrons. The molecule has 10 heteroatoms. The van der Waals surface area contributed by atoms with Gasteiger partial charge in [-0.1, -0.05) is 0 Å². The molecule has 0 atom stereocenters. The number of thiocarbonyl (C=S) groups is 1. The fourth-order valence-electron chi connectivity index (χ4n) is 2.71. The lowest BCUT2D eigenvalue weighted by molar-refractivity contribution is 0.324. The van der Waals surface area contributed by atoms with Crippen LogP contribution in [-0.2, 0) is 0 Å². The zero-order valence-corrected chi connectivity index (χ0v) is 17.4. The summed E-state index contributed by atoms with van der Waals surface area (Å²) >= 11 is 5.24. The number of fused-ring (bicyclic) bond motifs is 1. The maximum atomic E-state index is 5.38. The quantitative estimate of drug-likeness (QED) is 0.500. The third-order valence-corrected chi connectivity index (χ3v) is 4.22. The first kappa shape index (κ1) is 20.3. The number of ether oxygens (including phenoxy) is 3. The molecule has 0 saturated heterocycles. The highest BCUT2D eigenvalue weighted by Gasteiger charge is 2.14. The predicted molar refractivity (Wildman–Crippen MR) is 117 cm³/mol. The lowest BCUT2D eigenvalue weighted by atomic mass is 10.2. The molecule has 2 heterocycles. The number of rotatable bonds is 7. The van der Waals surface area contributed by atoms with Crippen LogP contribution in [0.3, 0.4) is 0 Å². The lowest BCUT2D eigenvalue weighted by Crippen LogP contribution is -2.28. The predicted octanol–water partition coefficient (Wildman–Crippen LogP) is 3.10. The molecular formula is C19H22N6O3S. The normalized spacial score (nSPS) is 10.3. The number of nitrogens with zero attached hydrogens (tertiary/aromatic N) is 3. The van der Waals surface area contributed by atoms with Crippen molar-refractivity contribution >= 4 is 45.7 Å². The Balaban J connectivity index is 1.91. The maximum Gasteiger partial charge on any atom is 0.203 e. The second kappa shape index (κ2) is 9.20. The molecule has 0 unspecified atom stereocenters. The van der Waals surface area contributed by atoms with Gasteiger partial charge in [0, 0.05) is 30.6 Å². The van der Waals surface area contributed by atoms with Gasteiger partial charge in [0.15, 0.2) is 28.1 Å². The van der Waals surface area contributed by atoms with Crippen molar-refractivity contribution in [3.63, 3.8) is 0 Å². The van der Waals surface area contributed by atoms with E-state index in [0.29, 0.717) is 45.0 Å². The topological polar surface area (TPSA) is 102 Å². The van der Waals surface area contributed by atoms with Crippen molar-refractivity contribution in [2.24, 2.45) is 0 Å². The van der Waals surface area contributed by atoms with E-state index in [1.54, 1.807) is 51.9 Å². The zero-order valence-electron chi connectivity index (χ0n) is 16.6. The summed E-state index contributed by atoms with van der Waals surface area (Å²) in [7, 11) is 4.68. The Labute approximate surface area is 173 Å². The first-order valence-corrected chi connectivity index (χ1v) is 9.24. The molecule has 29 heavy (non-hydrogen) atoms. The van der Waals surface area contributed by atoms with Crippen LogP contribution in [0.5, 0.6) is 17.2 Å². The Morgan fingerprint density at radius 1 is 1.07 bits per heavy atom. The van der Waals surface area contributed by atoms with Gasteiger partial charge >= 0.3 is 0 Å². The molecule has 2 aromatic heterocycles. The van der Waals surface area contributed by atoms with Gasteiger partial charge in [-0.2, -0.15) is 0 Å². The van der Waals surface area contributed by atoms with Gasteiger partial charge in [0.05, 0.1) is 33.2 Å². The first-order valence-electron chi connectivity index (χ1n) is 8.83. The van der Waals surface area contributed by atoms with E-state index in [-0.39, 0.29) is 0 Å². The second-order valence-electron chi connectivity index (χ2n) is 5.81. The number of aromatic nitrogens is 3. The number of nitrogens with one attached hydrogen (secondary N) is 3. The van der Waals surface area contributed by atoms with Gasteiger partial charge in [-0.25, -0.2) is 15.0 Å². The molecule has 0 amide bonds. The van der Waals surface area contributed by atoms with Crippen LogP contribution in [0.4, 0.5) is 17.2 Å². The van der Waals surface area contributed by atoms with E-state index in [4.69, 9.17) is 26.4 Å². The number of pyridine rings is 1. The van der Waals surface area contributed by atoms with Gasteiger partial charge in [0.25, 0.3) is 0 Å². The van der Waals surface area contributed by atoms with Crippen molar-refractivity contribution in [3.05, 3.63) is 30.6 Å². The van der Waals surface area contributed by atoms with Crippen LogP contribution in [0.2, 0.25) is 0 Å². The number of anilines is 3. The highest BCUT2D eigenvalue weighted by atomic mass is 32.1. The molecule has 0 saturated carbocycles. The summed E-state index contributed by atoms with van der Waals surface area (Å²) in [5.41, 5.74) is 2.53. The standard InChI is InChI=1S/C19H22N6O3S/c1-5-20-19(29)24-12-6-7-21-18-16(12)22-10-15(25-18)23-11-8-13(26-2)17(28-4)14(9-11)27-3/h6-10H,5H2,1-4H3,(H3,20,21,23,24,25,29). The summed E-state index contributed by atoms with van der Waals surface area (Å²) in [6.07, 6.45) is 3.27. The summed E-state index contributed by atoms with van der Waals surface area (Å²) in [4.78, 5) is 13.3. The van der Waals surface area contributed by atoms with E-state index in [9.17, 15) is 0 Å². The van der Waals surface area contributed by atoms with Gasteiger partial charge in [0.1, 0.15) is 5.52 Å². The largest absolute Gasteiger partial charge is 0.493 e. The SMILES string of the molecule is CCNC(=S)Nc1ccnc2nc(Nc3cc(OC)c(OC)c(OC)c3)cnc12. The molecule has 3 aromatic rings. The van der Waals surface area contributed by atoms with E-state index in [0.717, 1.165) is 12.2 Å². The number of hydrogen-bond acceptors (Lipinski definition) is 8. The molecule has 3 N–H and O–H groups in total. The minimum Gasteiger partial charge on any atom is -0.493 e. The maximum absolute atomic E-state index is 5.38. The summed E-state index contributed by atoms with van der Waals surface area (Å²) < 4.78 is 16.1. The van der Waals surface area contributed by atoms with Crippen molar-refractivity contribution in [3.8, 4) is 17.2 Å². The molecule has 9 nitrogen and oxygen atoms in total. The smallest absolute Gasteiger partial charge is 0.203 e. The van der Waals surface area contributed by atoms with Gasteiger partial charge in [-0.15, -0.1) is 0 Å². The molecule has 0 bridgehead atoms. The summed E-state index contributed by atoms with van der Waals surface area (Å²) in [6, 6.07) is 5.37. The van der Waals surface area contributed by atoms with Crippen LogP contribution in [0, 0.1) is 0 Å². The minimum absolute atomic E-state index is 0.478. The van der Waals surface area contributed by atoms with Crippen LogP contribution < -0.4 is 30.2 Å². The number of hydrogen-bond donors (Lipinski definition) is 3. The Bertz CT molecular complexity index is 1000. The second-order valence-corrected chi connectivity index (χ2v) is 6.22. The van der Waals surface area contributed by atoms with Crippen molar-refractivity contribution in [1.82, 2.24) is 20.3 Å². The van der Waals surface area contributed by atoms with Crippen molar-refractivity contribution in [1.29, 1.82) is 0 Å². The molecule has 3 rings (SSSR count). The van der Waals surface area contributed by atoms with Gasteiger partial charge in [-0.05, 0) is 25.2 Å². The molecular weight excluding hydrogens is 392 g/mol. The van der Waals surface area contributed by atoms with E-state index in [1.807, 2.05) is 6.92 Å². The minimum atomic E-state index is 0.478. The monoisotopic (exact) mass is 414 g/mol. The zero-order chi connectivity index (χ0) is 20.8. The van der Waals surface area contributed by atoms with Gasteiger partial charge in [-0.3, -0.25) is 0 Å². The van der Waals surface area contributed by atoms with E-state index in [2.05, 4.69) is 30.9 Å². The number of benzene rings is 1. The van der Waals surface area contributed by atoms with Gasteiger partial charge < -0.3 is 30.2 Å². The van der Waals surface area contributed by atoms with Crippen molar-refractivity contribution in [2.75, 3.05) is 38.5 Å². The van der Waals surface area contributed by atoms with Crippen LogP contribution in [0.25, 0.3) is 11.2 Å². The van der Waals surface area contributed by atoms with Crippen LogP contribution in [0.1, 0.15) is 6.92 Å². The molecule has 0 aliphatic carbocycles. The van der Waals surface area contributed by atoms with E-state index in [1.165, 1.54) is 0 Å². The third-order valence-electron chi connectivity index (χ3n) is 3.97. The van der Waals surface area contributed by atoms with Crippen molar-refractivity contribution < 1.29 is 14.2 Å². The molecule has 0 radical (unpaired) electrons.